The van der Waals surface area contributed by atoms with Crippen molar-refractivity contribution in [2.75, 3.05) is 0 Å². The van der Waals surface area contributed by atoms with E-state index in [1.54, 1.807) is 0 Å². The van der Waals surface area contributed by atoms with Crippen molar-refractivity contribution in [2.24, 2.45) is 0 Å². The maximum atomic E-state index is 4.55. The minimum Gasteiger partial charge on any atom is -0.310 e. The molecule has 1 N–H and O–H groups in total. The average Bonchev–Trinajstić information content (AvgIpc) is 3.03. The summed E-state index contributed by atoms with van der Waals surface area (Å²) in [5.41, 5.74) is 2.81. The van der Waals surface area contributed by atoms with Crippen LogP contribution in [0.5, 0.6) is 0 Å². The second kappa shape index (κ2) is 5.67. The van der Waals surface area contributed by atoms with Crippen LogP contribution in [0.1, 0.15) is 63.6 Å². The second-order valence-corrected chi connectivity index (χ2v) is 5.44. The van der Waals surface area contributed by atoms with Crippen molar-refractivity contribution in [1.82, 2.24) is 15.1 Å². The predicted molar refractivity (Wildman–Crippen MR) is 71.1 cm³/mol. The number of hydrogen-bond donors (Lipinski definition) is 1. The van der Waals surface area contributed by atoms with Gasteiger partial charge in [0, 0.05) is 30.4 Å². The fourth-order valence-electron chi connectivity index (χ4n) is 2.27. The van der Waals surface area contributed by atoms with Gasteiger partial charge in [0.2, 0.25) is 0 Å². The lowest BCUT2D eigenvalue weighted by Crippen LogP contribution is -2.17. The molecule has 1 aromatic heterocycles. The Labute approximate surface area is 105 Å². The molecule has 17 heavy (non-hydrogen) atoms. The minimum atomic E-state index is 0.561. The van der Waals surface area contributed by atoms with Gasteiger partial charge in [0.15, 0.2) is 0 Å². The van der Waals surface area contributed by atoms with Gasteiger partial charge in [-0.3, -0.25) is 4.68 Å². The van der Waals surface area contributed by atoms with Crippen molar-refractivity contribution in [3.8, 4) is 0 Å². The standard InChI is InChI=1S/C14H25N3/c1-4-5-8-17-14(11(2)3)12(10-16-17)9-15-13-6-7-13/h10-11,13,15H,4-9H2,1-3H3. The molecule has 0 radical (unpaired) electrons. The van der Waals surface area contributed by atoms with Crippen LogP contribution in [0.3, 0.4) is 0 Å². The van der Waals surface area contributed by atoms with Gasteiger partial charge in [-0.1, -0.05) is 27.2 Å². The zero-order valence-electron chi connectivity index (χ0n) is 11.4. The predicted octanol–water partition coefficient (Wildman–Crippen LogP) is 3.06. The van der Waals surface area contributed by atoms with E-state index in [1.165, 1.54) is 36.9 Å². The molecule has 0 saturated heterocycles. The minimum absolute atomic E-state index is 0.561. The van der Waals surface area contributed by atoms with E-state index in [0.29, 0.717) is 5.92 Å². The van der Waals surface area contributed by atoms with Crippen molar-refractivity contribution in [3.05, 3.63) is 17.5 Å². The van der Waals surface area contributed by atoms with Crippen LogP contribution in [0, 0.1) is 0 Å². The molecule has 1 heterocycles. The van der Waals surface area contributed by atoms with Gasteiger partial charge >= 0.3 is 0 Å². The molecule has 2 rings (SSSR count). The third kappa shape index (κ3) is 3.32. The Morgan fingerprint density at radius 1 is 1.47 bits per heavy atom. The van der Waals surface area contributed by atoms with Gasteiger partial charge < -0.3 is 5.32 Å². The SMILES string of the molecule is CCCCn1ncc(CNC2CC2)c1C(C)C. The third-order valence-electron chi connectivity index (χ3n) is 3.39. The Balaban J connectivity index is 2.04. The van der Waals surface area contributed by atoms with Crippen LogP contribution in [0.25, 0.3) is 0 Å². The van der Waals surface area contributed by atoms with Gasteiger partial charge in [-0.2, -0.15) is 5.10 Å². The molecule has 0 bridgehead atoms. The third-order valence-corrected chi connectivity index (χ3v) is 3.39. The van der Waals surface area contributed by atoms with Crippen LogP contribution >= 0.6 is 0 Å². The van der Waals surface area contributed by atoms with E-state index in [2.05, 4.69) is 42.1 Å². The quantitative estimate of drug-likeness (QED) is 0.787. The number of nitrogens with zero attached hydrogens (tertiary/aromatic N) is 2. The van der Waals surface area contributed by atoms with Crippen LogP contribution in [0.15, 0.2) is 6.20 Å². The van der Waals surface area contributed by atoms with Crippen molar-refractivity contribution in [1.29, 1.82) is 0 Å². The van der Waals surface area contributed by atoms with Gasteiger partial charge in [0.05, 0.1) is 6.20 Å². The summed E-state index contributed by atoms with van der Waals surface area (Å²) in [4.78, 5) is 0. The molecule has 0 aromatic carbocycles. The largest absolute Gasteiger partial charge is 0.310 e. The topological polar surface area (TPSA) is 29.9 Å². The highest BCUT2D eigenvalue weighted by atomic mass is 15.3. The Bertz CT molecular complexity index is 350. The van der Waals surface area contributed by atoms with Crippen LogP contribution in [0.4, 0.5) is 0 Å². The van der Waals surface area contributed by atoms with Gasteiger partial charge in [0.1, 0.15) is 0 Å². The monoisotopic (exact) mass is 235 g/mol. The first-order valence-electron chi connectivity index (χ1n) is 7.00. The maximum absolute atomic E-state index is 4.55. The van der Waals surface area contributed by atoms with Crippen molar-refractivity contribution in [3.63, 3.8) is 0 Å². The molecule has 1 aromatic rings. The maximum Gasteiger partial charge on any atom is 0.0537 e. The van der Waals surface area contributed by atoms with Crippen molar-refractivity contribution in [2.45, 2.75) is 71.5 Å². The van der Waals surface area contributed by atoms with Crippen molar-refractivity contribution < 1.29 is 0 Å². The summed E-state index contributed by atoms with van der Waals surface area (Å²) in [6.45, 7) is 8.81. The highest BCUT2D eigenvalue weighted by molar-refractivity contribution is 5.21. The van der Waals surface area contributed by atoms with Crippen LogP contribution in [-0.2, 0) is 13.1 Å². The molecular weight excluding hydrogens is 210 g/mol. The van der Waals surface area contributed by atoms with E-state index in [0.717, 1.165) is 19.1 Å². The highest BCUT2D eigenvalue weighted by Gasteiger charge is 2.21. The fourth-order valence-corrected chi connectivity index (χ4v) is 2.27. The summed E-state index contributed by atoms with van der Waals surface area (Å²) in [5, 5.41) is 8.13. The summed E-state index contributed by atoms with van der Waals surface area (Å²) < 4.78 is 2.21. The van der Waals surface area contributed by atoms with E-state index in [-0.39, 0.29) is 0 Å². The molecule has 0 atom stereocenters. The normalized spacial score (nSPS) is 15.8. The molecule has 3 nitrogen and oxygen atoms in total. The Hall–Kier alpha value is -0.830. The number of aryl methyl sites for hydroxylation is 1. The molecule has 3 heteroatoms. The van der Waals surface area contributed by atoms with Gasteiger partial charge in [-0.25, -0.2) is 0 Å². The molecule has 1 aliphatic rings. The zero-order chi connectivity index (χ0) is 12.3. The van der Waals surface area contributed by atoms with Crippen LogP contribution < -0.4 is 5.32 Å². The zero-order valence-corrected chi connectivity index (χ0v) is 11.4. The summed E-state index contributed by atoms with van der Waals surface area (Å²) >= 11 is 0. The first-order valence-corrected chi connectivity index (χ1v) is 7.00. The Morgan fingerprint density at radius 2 is 2.24 bits per heavy atom. The summed E-state index contributed by atoms with van der Waals surface area (Å²) in [5.74, 6) is 0.561. The molecule has 1 aliphatic carbocycles. The number of rotatable bonds is 7. The lowest BCUT2D eigenvalue weighted by Gasteiger charge is -2.13. The lowest BCUT2D eigenvalue weighted by atomic mass is 10.1. The van der Waals surface area contributed by atoms with E-state index in [9.17, 15) is 0 Å². The van der Waals surface area contributed by atoms with Crippen molar-refractivity contribution >= 4 is 0 Å². The average molecular weight is 235 g/mol. The smallest absolute Gasteiger partial charge is 0.0537 e. The molecule has 96 valence electrons. The number of unbranched alkanes of at least 4 members (excludes halogenated alkanes) is 1. The van der Waals surface area contributed by atoms with E-state index >= 15 is 0 Å². The molecule has 0 amide bonds. The highest BCUT2D eigenvalue weighted by Crippen LogP contribution is 2.23. The lowest BCUT2D eigenvalue weighted by molar-refractivity contribution is 0.532. The Morgan fingerprint density at radius 3 is 2.82 bits per heavy atom. The Kier molecular flexibility index (Phi) is 4.21. The van der Waals surface area contributed by atoms with E-state index in [4.69, 9.17) is 0 Å². The molecule has 0 aliphatic heterocycles. The first kappa shape index (κ1) is 12.6. The van der Waals surface area contributed by atoms with E-state index in [1.807, 2.05) is 0 Å². The molecule has 1 saturated carbocycles. The summed E-state index contributed by atoms with van der Waals surface area (Å²) in [6, 6.07) is 0.772. The first-order chi connectivity index (χ1) is 8.22. The fraction of sp³-hybridized carbons (Fsp3) is 0.786. The van der Waals surface area contributed by atoms with Gasteiger partial charge in [-0.15, -0.1) is 0 Å². The number of aromatic nitrogens is 2. The second-order valence-electron chi connectivity index (χ2n) is 5.44. The summed E-state index contributed by atoms with van der Waals surface area (Å²) in [7, 11) is 0. The van der Waals surface area contributed by atoms with Gasteiger partial charge in [-0.05, 0) is 25.2 Å². The van der Waals surface area contributed by atoms with Crippen LogP contribution in [-0.4, -0.2) is 15.8 Å². The molecular formula is C14H25N3. The number of hydrogen-bond acceptors (Lipinski definition) is 2. The van der Waals surface area contributed by atoms with Gasteiger partial charge in [0.25, 0.3) is 0 Å². The summed E-state index contributed by atoms with van der Waals surface area (Å²) in [6.07, 6.45) is 7.20. The molecule has 0 spiro atoms. The molecule has 0 unspecified atom stereocenters. The molecule has 1 fully saturated rings. The van der Waals surface area contributed by atoms with E-state index < -0.39 is 0 Å². The number of nitrogens with one attached hydrogen (secondary N) is 1. The van der Waals surface area contributed by atoms with Crippen LogP contribution in [0.2, 0.25) is 0 Å².